The summed E-state index contributed by atoms with van der Waals surface area (Å²) in [7, 11) is -2.42. The monoisotopic (exact) mass is 314 g/mol. The third-order valence-electron chi connectivity index (χ3n) is 3.71. The summed E-state index contributed by atoms with van der Waals surface area (Å²) in [6.07, 6.45) is 0.798. The van der Waals surface area contributed by atoms with Gasteiger partial charge in [-0.15, -0.1) is 0 Å². The van der Waals surface area contributed by atoms with Crippen LogP contribution < -0.4 is 4.74 Å². The molecule has 8 nitrogen and oxygen atoms in total. The van der Waals surface area contributed by atoms with Crippen molar-refractivity contribution in [1.82, 2.24) is 4.31 Å². The molecule has 9 heteroatoms. The van der Waals surface area contributed by atoms with Crippen LogP contribution in [0.2, 0.25) is 0 Å². The molecule has 1 aromatic rings. The first kappa shape index (κ1) is 14.2. The van der Waals surface area contributed by atoms with Crippen molar-refractivity contribution in [2.24, 2.45) is 0 Å². The van der Waals surface area contributed by atoms with Crippen molar-refractivity contribution in [1.29, 1.82) is 0 Å². The quantitative estimate of drug-likeness (QED) is 0.601. The van der Waals surface area contributed by atoms with Crippen LogP contribution >= 0.6 is 0 Å². The summed E-state index contributed by atoms with van der Waals surface area (Å²) in [6, 6.07) is 3.57. The average molecular weight is 314 g/mol. The van der Waals surface area contributed by atoms with Gasteiger partial charge in [0.05, 0.1) is 29.1 Å². The van der Waals surface area contributed by atoms with Gasteiger partial charge in [0.15, 0.2) is 5.75 Å². The van der Waals surface area contributed by atoms with E-state index in [1.165, 1.54) is 23.5 Å². The normalized spacial score (nSPS) is 25.2. The molecule has 2 atom stereocenters. The van der Waals surface area contributed by atoms with Crippen LogP contribution in [-0.2, 0) is 14.8 Å². The molecule has 0 radical (unpaired) electrons. The lowest BCUT2D eigenvalue weighted by atomic mass is 10.0. The fourth-order valence-corrected chi connectivity index (χ4v) is 4.15. The highest BCUT2D eigenvalue weighted by Gasteiger charge is 2.43. The predicted molar refractivity (Wildman–Crippen MR) is 71.7 cm³/mol. The summed E-state index contributed by atoms with van der Waals surface area (Å²) in [4.78, 5) is 10.2. The standard InChI is InChI=1S/C12H14N2O6S/c1-19-12-5-10(2-3-11(12)14(15)16)21(17,18)13-6-8-4-9(7-13)20-8/h2-3,5,8-9H,4,6-7H2,1H3. The first-order valence-corrected chi connectivity index (χ1v) is 7.84. The molecule has 3 heterocycles. The van der Waals surface area contributed by atoms with E-state index in [-0.39, 0.29) is 28.5 Å². The van der Waals surface area contributed by atoms with E-state index in [0.29, 0.717) is 13.1 Å². The molecule has 0 spiro atoms. The summed E-state index contributed by atoms with van der Waals surface area (Å²) < 4.78 is 36.8. The van der Waals surface area contributed by atoms with Gasteiger partial charge in [0, 0.05) is 31.6 Å². The zero-order valence-corrected chi connectivity index (χ0v) is 12.1. The molecular weight excluding hydrogens is 300 g/mol. The van der Waals surface area contributed by atoms with Crippen LogP contribution in [0.3, 0.4) is 0 Å². The van der Waals surface area contributed by atoms with Crippen molar-refractivity contribution < 1.29 is 22.8 Å². The van der Waals surface area contributed by atoms with Crippen LogP contribution in [0, 0.1) is 10.1 Å². The first-order valence-electron chi connectivity index (χ1n) is 6.40. The number of ether oxygens (including phenoxy) is 2. The fraction of sp³-hybridized carbons (Fsp3) is 0.500. The Labute approximate surface area is 121 Å². The number of nitro benzene ring substituents is 1. The highest BCUT2D eigenvalue weighted by molar-refractivity contribution is 7.89. The van der Waals surface area contributed by atoms with Crippen LogP contribution in [0.5, 0.6) is 5.75 Å². The Hall–Kier alpha value is -1.71. The van der Waals surface area contributed by atoms with E-state index < -0.39 is 14.9 Å². The first-order chi connectivity index (χ1) is 9.91. The third kappa shape index (κ3) is 2.37. The molecule has 0 aliphatic carbocycles. The van der Waals surface area contributed by atoms with Gasteiger partial charge >= 0.3 is 5.69 Å². The number of sulfonamides is 1. The minimum Gasteiger partial charge on any atom is -0.490 e. The highest BCUT2D eigenvalue weighted by Crippen LogP contribution is 2.34. The fourth-order valence-electron chi connectivity index (χ4n) is 2.63. The van der Waals surface area contributed by atoms with Crippen molar-refractivity contribution in [3.05, 3.63) is 28.3 Å². The second-order valence-electron chi connectivity index (χ2n) is 5.03. The minimum atomic E-state index is -3.69. The topological polar surface area (TPSA) is 99.0 Å². The van der Waals surface area contributed by atoms with E-state index in [0.717, 1.165) is 12.5 Å². The van der Waals surface area contributed by atoms with Crippen molar-refractivity contribution >= 4 is 15.7 Å². The van der Waals surface area contributed by atoms with Gasteiger partial charge in [-0.05, 0) is 6.07 Å². The molecule has 114 valence electrons. The number of methoxy groups -OCH3 is 1. The average Bonchev–Trinajstić information content (AvgIpc) is 2.45. The van der Waals surface area contributed by atoms with Gasteiger partial charge in [-0.1, -0.05) is 0 Å². The molecule has 21 heavy (non-hydrogen) atoms. The van der Waals surface area contributed by atoms with E-state index >= 15 is 0 Å². The van der Waals surface area contributed by atoms with Gasteiger partial charge in [0.25, 0.3) is 0 Å². The van der Waals surface area contributed by atoms with E-state index in [9.17, 15) is 18.5 Å². The Balaban J connectivity index is 1.93. The van der Waals surface area contributed by atoms with Crippen molar-refractivity contribution in [3.63, 3.8) is 0 Å². The Morgan fingerprint density at radius 1 is 1.38 bits per heavy atom. The number of morpholine rings is 1. The summed E-state index contributed by atoms with van der Waals surface area (Å²) in [5.41, 5.74) is -0.263. The second-order valence-corrected chi connectivity index (χ2v) is 6.97. The van der Waals surface area contributed by atoms with Crippen LogP contribution in [0.25, 0.3) is 0 Å². The molecule has 0 saturated carbocycles. The molecule has 1 aromatic carbocycles. The van der Waals surface area contributed by atoms with Gasteiger partial charge in [0.2, 0.25) is 10.0 Å². The molecule has 0 N–H and O–H groups in total. The molecule has 2 unspecified atom stereocenters. The van der Waals surface area contributed by atoms with E-state index in [1.807, 2.05) is 0 Å². The number of hydrogen-bond donors (Lipinski definition) is 0. The SMILES string of the molecule is COc1cc(S(=O)(=O)N2CC3CC(C2)O3)ccc1[N+](=O)[O-]. The number of nitro groups is 1. The van der Waals surface area contributed by atoms with Crippen molar-refractivity contribution in [3.8, 4) is 5.75 Å². The van der Waals surface area contributed by atoms with Crippen molar-refractivity contribution in [2.45, 2.75) is 23.5 Å². The van der Waals surface area contributed by atoms with E-state index in [2.05, 4.69) is 0 Å². The molecule has 0 aromatic heterocycles. The van der Waals surface area contributed by atoms with E-state index in [4.69, 9.17) is 9.47 Å². The van der Waals surface area contributed by atoms with Crippen LogP contribution in [0.15, 0.2) is 23.1 Å². The zero-order valence-electron chi connectivity index (χ0n) is 11.3. The Kier molecular flexibility index (Phi) is 3.34. The highest BCUT2D eigenvalue weighted by atomic mass is 32.2. The molecule has 2 bridgehead atoms. The number of fused-ring (bicyclic) bond motifs is 2. The smallest absolute Gasteiger partial charge is 0.310 e. The summed E-state index contributed by atoms with van der Waals surface area (Å²) in [5, 5.41) is 10.8. The molecule has 0 amide bonds. The molecule has 3 aliphatic rings. The van der Waals surface area contributed by atoms with Gasteiger partial charge in [-0.2, -0.15) is 4.31 Å². The van der Waals surface area contributed by atoms with E-state index in [1.54, 1.807) is 0 Å². The van der Waals surface area contributed by atoms with Gasteiger partial charge < -0.3 is 9.47 Å². The largest absolute Gasteiger partial charge is 0.490 e. The third-order valence-corrected chi connectivity index (χ3v) is 5.54. The van der Waals surface area contributed by atoms with Gasteiger partial charge in [-0.3, -0.25) is 10.1 Å². The van der Waals surface area contributed by atoms with Gasteiger partial charge in [0.1, 0.15) is 0 Å². The number of piperidine rings is 1. The predicted octanol–water partition coefficient (Wildman–Crippen LogP) is 0.765. The lowest BCUT2D eigenvalue weighted by Crippen LogP contribution is -2.58. The Morgan fingerprint density at radius 2 is 2.00 bits per heavy atom. The maximum Gasteiger partial charge on any atom is 0.310 e. The Morgan fingerprint density at radius 3 is 2.52 bits per heavy atom. The number of hydrogen-bond acceptors (Lipinski definition) is 6. The maximum absolute atomic E-state index is 12.5. The summed E-state index contributed by atoms with van der Waals surface area (Å²) in [6.45, 7) is 0.635. The number of rotatable bonds is 4. The lowest BCUT2D eigenvalue weighted by Gasteiger charge is -2.46. The van der Waals surface area contributed by atoms with Crippen molar-refractivity contribution in [2.75, 3.05) is 20.2 Å². The maximum atomic E-state index is 12.5. The molecular formula is C12H14N2O6S. The number of nitrogens with zero attached hydrogens (tertiary/aromatic N) is 2. The van der Waals surface area contributed by atoms with Crippen LogP contribution in [-0.4, -0.2) is 50.1 Å². The molecule has 4 rings (SSSR count). The lowest BCUT2D eigenvalue weighted by molar-refractivity contribution is -0.385. The molecule has 3 saturated heterocycles. The minimum absolute atomic E-state index is 0.00810. The summed E-state index contributed by atoms with van der Waals surface area (Å²) in [5.74, 6) is -0.0699. The molecule has 3 aliphatic heterocycles. The Bertz CT molecular complexity index is 673. The second kappa shape index (κ2) is 4.93. The van der Waals surface area contributed by atoms with Crippen LogP contribution in [0.1, 0.15) is 6.42 Å². The summed E-state index contributed by atoms with van der Waals surface area (Å²) >= 11 is 0. The van der Waals surface area contributed by atoms with Gasteiger partial charge in [-0.25, -0.2) is 8.42 Å². The van der Waals surface area contributed by atoms with Crippen LogP contribution in [0.4, 0.5) is 5.69 Å². The number of benzene rings is 1. The zero-order chi connectivity index (χ0) is 15.2. The molecule has 3 fully saturated rings.